The molecule has 0 amide bonds. The lowest BCUT2D eigenvalue weighted by molar-refractivity contribution is -0.385. The Morgan fingerprint density at radius 2 is 1.75 bits per heavy atom. The number of benzene rings is 2. The zero-order valence-corrected chi connectivity index (χ0v) is 20.0. The summed E-state index contributed by atoms with van der Waals surface area (Å²) in [6.45, 7) is 3.48. The average molecular weight is 490 g/mol. The molecule has 0 saturated heterocycles. The van der Waals surface area contributed by atoms with Gasteiger partial charge in [-0.1, -0.05) is 0 Å². The molecule has 2 aromatic heterocycles. The van der Waals surface area contributed by atoms with Gasteiger partial charge in [0.25, 0.3) is 5.69 Å². The molecule has 4 aromatic rings. The van der Waals surface area contributed by atoms with Crippen molar-refractivity contribution in [2.45, 2.75) is 13.8 Å². The third-order valence-corrected chi connectivity index (χ3v) is 5.11. The van der Waals surface area contributed by atoms with E-state index in [0.717, 1.165) is 11.1 Å². The van der Waals surface area contributed by atoms with Gasteiger partial charge in [-0.3, -0.25) is 10.1 Å². The summed E-state index contributed by atoms with van der Waals surface area (Å²) in [7, 11) is 3.58. The lowest BCUT2D eigenvalue weighted by Crippen LogP contribution is -2.15. The number of hydrazone groups is 1. The van der Waals surface area contributed by atoms with E-state index in [0.29, 0.717) is 28.7 Å². The van der Waals surface area contributed by atoms with E-state index in [2.05, 4.69) is 30.8 Å². The van der Waals surface area contributed by atoms with Gasteiger partial charge in [-0.25, -0.2) is 9.82 Å². The van der Waals surface area contributed by atoms with Gasteiger partial charge in [0, 0.05) is 37.0 Å². The lowest BCUT2D eigenvalue weighted by Gasteiger charge is -2.13. The van der Waals surface area contributed by atoms with Crippen molar-refractivity contribution in [3.63, 3.8) is 0 Å². The zero-order valence-electron chi connectivity index (χ0n) is 20.0. The van der Waals surface area contributed by atoms with Crippen LogP contribution in [-0.4, -0.2) is 40.2 Å². The minimum absolute atomic E-state index is 0.0662. The number of nitro benzene ring substituents is 1. The number of aryl methyl sites for hydroxylation is 2. The molecule has 0 atom stereocenters. The molecule has 12 heteroatoms. The highest BCUT2D eigenvalue weighted by molar-refractivity contribution is 5.78. The predicted molar refractivity (Wildman–Crippen MR) is 135 cm³/mol. The number of anilines is 4. The van der Waals surface area contributed by atoms with Crippen molar-refractivity contribution in [2.24, 2.45) is 5.10 Å². The lowest BCUT2D eigenvalue weighted by atomic mass is 10.0. The summed E-state index contributed by atoms with van der Waals surface area (Å²) < 4.78 is 19.0. The van der Waals surface area contributed by atoms with Crippen LogP contribution in [0.25, 0.3) is 11.3 Å². The molecule has 4 rings (SSSR count). The molecule has 0 fully saturated rings. The second-order valence-corrected chi connectivity index (χ2v) is 8.09. The Labute approximate surface area is 205 Å². The number of rotatable bonds is 8. The van der Waals surface area contributed by atoms with E-state index in [-0.39, 0.29) is 23.4 Å². The molecule has 0 aliphatic heterocycles. The number of halogens is 1. The number of nitro groups is 1. The molecule has 36 heavy (non-hydrogen) atoms. The minimum Gasteiger partial charge on any atom is -0.455 e. The summed E-state index contributed by atoms with van der Waals surface area (Å²) in [6, 6.07) is 12.6. The van der Waals surface area contributed by atoms with Gasteiger partial charge < -0.3 is 14.6 Å². The van der Waals surface area contributed by atoms with Crippen molar-refractivity contribution in [1.82, 2.24) is 15.0 Å². The Bertz CT molecular complexity index is 1430. The fourth-order valence-corrected chi connectivity index (χ4v) is 3.32. The summed E-state index contributed by atoms with van der Waals surface area (Å²) in [6.07, 6.45) is 1.46. The van der Waals surface area contributed by atoms with Gasteiger partial charge in [0.2, 0.25) is 17.8 Å². The number of aromatic nitrogens is 3. The molecular weight excluding hydrogens is 467 g/mol. The summed E-state index contributed by atoms with van der Waals surface area (Å²) in [5.74, 6) is 1.50. The molecule has 184 valence electrons. The zero-order chi connectivity index (χ0) is 25.8. The molecule has 2 N–H and O–H groups in total. The van der Waals surface area contributed by atoms with Crippen LogP contribution in [0.2, 0.25) is 0 Å². The molecule has 0 aliphatic rings. The van der Waals surface area contributed by atoms with Crippen LogP contribution in [0.4, 0.5) is 33.6 Å². The Morgan fingerprint density at radius 3 is 2.44 bits per heavy atom. The molecular formula is C24H23FN8O3. The van der Waals surface area contributed by atoms with Gasteiger partial charge in [-0.05, 0) is 61.9 Å². The maximum Gasteiger partial charge on any atom is 0.272 e. The number of furan rings is 1. The Kier molecular flexibility index (Phi) is 6.86. The molecule has 0 spiro atoms. The van der Waals surface area contributed by atoms with E-state index >= 15 is 0 Å². The van der Waals surface area contributed by atoms with Crippen molar-refractivity contribution in [3.05, 3.63) is 81.3 Å². The number of nitrogens with zero attached hydrogens (tertiary/aromatic N) is 6. The van der Waals surface area contributed by atoms with E-state index in [1.807, 2.05) is 0 Å². The van der Waals surface area contributed by atoms with Crippen molar-refractivity contribution in [3.8, 4) is 11.3 Å². The number of hydrogen-bond donors (Lipinski definition) is 2. The summed E-state index contributed by atoms with van der Waals surface area (Å²) in [4.78, 5) is 25.4. The quantitative estimate of drug-likeness (QED) is 0.198. The van der Waals surface area contributed by atoms with Gasteiger partial charge >= 0.3 is 0 Å². The molecule has 2 heterocycles. The average Bonchev–Trinajstić information content (AvgIpc) is 3.30. The highest BCUT2D eigenvalue weighted by atomic mass is 19.1. The minimum atomic E-state index is -0.401. The van der Waals surface area contributed by atoms with E-state index in [1.165, 1.54) is 24.4 Å². The fourth-order valence-electron chi connectivity index (χ4n) is 3.32. The van der Waals surface area contributed by atoms with E-state index < -0.39 is 4.92 Å². The van der Waals surface area contributed by atoms with Gasteiger partial charge in [0.15, 0.2) is 0 Å². The smallest absolute Gasteiger partial charge is 0.272 e. The normalized spacial score (nSPS) is 11.0. The van der Waals surface area contributed by atoms with Crippen LogP contribution in [0.15, 0.2) is 58.0 Å². The molecule has 2 aromatic carbocycles. The monoisotopic (exact) mass is 490 g/mol. The Morgan fingerprint density at radius 1 is 1.03 bits per heavy atom. The van der Waals surface area contributed by atoms with Crippen LogP contribution in [0.3, 0.4) is 0 Å². The fraction of sp³-hybridized carbons (Fsp3) is 0.167. The predicted octanol–water partition coefficient (Wildman–Crippen LogP) is 5.05. The van der Waals surface area contributed by atoms with Gasteiger partial charge in [-0.2, -0.15) is 20.1 Å². The number of hydrogen-bond acceptors (Lipinski definition) is 10. The first-order chi connectivity index (χ1) is 17.2. The van der Waals surface area contributed by atoms with Gasteiger partial charge in [-0.15, -0.1) is 0 Å². The standard InChI is InChI=1S/C24H23FN8O3/c1-14-12-20(33(34)35)15(2)11-19(14)21-10-9-18(36-21)13-26-31-23-28-22(29-24(30-23)32(3)4)27-17-7-5-16(25)6-8-17/h5-13H,1-4H3,(H2,27,28,29,30,31)/b26-13+. The van der Waals surface area contributed by atoms with Crippen molar-refractivity contribution < 1.29 is 13.7 Å². The molecule has 0 aliphatic carbocycles. The van der Waals surface area contributed by atoms with Crippen LogP contribution >= 0.6 is 0 Å². The highest BCUT2D eigenvalue weighted by Gasteiger charge is 2.16. The van der Waals surface area contributed by atoms with Gasteiger partial charge in [0.05, 0.1) is 11.1 Å². The highest BCUT2D eigenvalue weighted by Crippen LogP contribution is 2.31. The van der Waals surface area contributed by atoms with Crippen LogP contribution in [0.1, 0.15) is 16.9 Å². The first-order valence-corrected chi connectivity index (χ1v) is 10.8. The Balaban J connectivity index is 1.51. The largest absolute Gasteiger partial charge is 0.455 e. The molecule has 11 nitrogen and oxygen atoms in total. The topological polar surface area (TPSA) is 135 Å². The first-order valence-electron chi connectivity index (χ1n) is 10.8. The number of nitrogens with one attached hydrogen (secondary N) is 2. The van der Waals surface area contributed by atoms with E-state index in [1.54, 1.807) is 63.2 Å². The summed E-state index contributed by atoms with van der Waals surface area (Å²) >= 11 is 0. The van der Waals surface area contributed by atoms with Crippen molar-refractivity contribution >= 4 is 35.4 Å². The second kappa shape index (κ2) is 10.2. The Hall–Kier alpha value is -4.87. The molecule has 0 radical (unpaired) electrons. The third kappa shape index (κ3) is 5.60. The molecule has 0 unspecified atom stereocenters. The van der Waals surface area contributed by atoms with Crippen LogP contribution in [0, 0.1) is 29.8 Å². The molecule has 0 saturated carbocycles. The van der Waals surface area contributed by atoms with E-state index in [4.69, 9.17) is 4.42 Å². The van der Waals surface area contributed by atoms with E-state index in [9.17, 15) is 14.5 Å². The maximum atomic E-state index is 13.2. The maximum absolute atomic E-state index is 13.2. The third-order valence-electron chi connectivity index (χ3n) is 5.11. The van der Waals surface area contributed by atoms with Crippen LogP contribution < -0.4 is 15.6 Å². The van der Waals surface area contributed by atoms with Crippen molar-refractivity contribution in [2.75, 3.05) is 29.7 Å². The summed E-state index contributed by atoms with van der Waals surface area (Å²) in [5, 5.41) is 18.3. The van der Waals surface area contributed by atoms with Crippen LogP contribution in [0.5, 0.6) is 0 Å². The van der Waals surface area contributed by atoms with Crippen molar-refractivity contribution in [1.29, 1.82) is 0 Å². The second-order valence-electron chi connectivity index (χ2n) is 8.09. The first kappa shape index (κ1) is 24.3. The SMILES string of the molecule is Cc1cc([N+](=O)[O-])c(C)cc1-c1ccc(/C=N/Nc2nc(Nc3ccc(F)cc3)nc(N(C)C)n2)o1. The van der Waals surface area contributed by atoms with Crippen LogP contribution in [-0.2, 0) is 0 Å². The molecule has 0 bridgehead atoms. The summed E-state index contributed by atoms with van der Waals surface area (Å²) in [5.41, 5.74) is 5.47. The van der Waals surface area contributed by atoms with Gasteiger partial charge in [0.1, 0.15) is 17.3 Å².